The van der Waals surface area contributed by atoms with E-state index in [0.717, 1.165) is 38.0 Å². The Morgan fingerprint density at radius 2 is 1.91 bits per heavy atom. The van der Waals surface area contributed by atoms with Crippen molar-refractivity contribution in [3.05, 3.63) is 29.8 Å². The molecule has 5 nitrogen and oxygen atoms in total. The molecule has 1 aromatic rings. The number of sulfonamides is 1. The van der Waals surface area contributed by atoms with Crippen LogP contribution in [-0.2, 0) is 10.0 Å². The van der Waals surface area contributed by atoms with Gasteiger partial charge in [-0.05, 0) is 52.4 Å². The predicted molar refractivity (Wildman–Crippen MR) is 89.3 cm³/mol. The van der Waals surface area contributed by atoms with Crippen molar-refractivity contribution < 1.29 is 8.42 Å². The van der Waals surface area contributed by atoms with Gasteiger partial charge in [0.25, 0.3) is 0 Å². The highest BCUT2D eigenvalue weighted by Gasteiger charge is 2.34. The first-order chi connectivity index (χ1) is 10.5. The van der Waals surface area contributed by atoms with Crippen molar-refractivity contribution in [1.82, 2.24) is 14.5 Å². The minimum Gasteiger partial charge on any atom is -0.320 e. The Hall–Kier alpha value is -0.950. The van der Waals surface area contributed by atoms with E-state index in [2.05, 4.69) is 10.2 Å². The monoisotopic (exact) mass is 325 g/mol. The van der Waals surface area contributed by atoms with Crippen LogP contribution < -0.4 is 5.32 Å². The fourth-order valence-electron chi connectivity index (χ4n) is 2.91. The highest BCUT2D eigenvalue weighted by atomic mass is 32.2. The third-order valence-electron chi connectivity index (χ3n) is 4.27. The molecule has 0 amide bonds. The van der Waals surface area contributed by atoms with E-state index in [1.54, 1.807) is 16.4 Å². The summed E-state index contributed by atoms with van der Waals surface area (Å²) >= 11 is 0. The molecule has 0 aliphatic carbocycles. The SMILES string of the molecule is CNCCCN1CCCN(S(=O)(=O)c2ccc(C)cc2)C1C. The molecule has 1 aliphatic rings. The zero-order chi connectivity index (χ0) is 16.2. The topological polar surface area (TPSA) is 52.6 Å². The number of nitrogens with one attached hydrogen (secondary N) is 1. The number of aryl methyl sites for hydroxylation is 1. The Balaban J connectivity index is 2.14. The predicted octanol–water partition coefficient (Wildman–Crippen LogP) is 1.65. The molecule has 124 valence electrons. The molecule has 1 aliphatic heterocycles. The fraction of sp³-hybridized carbons (Fsp3) is 0.625. The molecule has 0 saturated carbocycles. The molecule has 1 saturated heterocycles. The van der Waals surface area contributed by atoms with Crippen molar-refractivity contribution in [2.24, 2.45) is 0 Å². The van der Waals surface area contributed by atoms with E-state index in [9.17, 15) is 8.42 Å². The van der Waals surface area contributed by atoms with Crippen LogP contribution in [0.4, 0.5) is 0 Å². The molecule has 0 aromatic heterocycles. The van der Waals surface area contributed by atoms with E-state index in [1.807, 2.05) is 33.0 Å². The number of hydrogen-bond donors (Lipinski definition) is 1. The van der Waals surface area contributed by atoms with Crippen LogP contribution in [0.3, 0.4) is 0 Å². The van der Waals surface area contributed by atoms with Gasteiger partial charge >= 0.3 is 0 Å². The maximum atomic E-state index is 12.9. The Morgan fingerprint density at radius 1 is 1.23 bits per heavy atom. The van der Waals surface area contributed by atoms with Crippen molar-refractivity contribution in [1.29, 1.82) is 0 Å². The standard InChI is InChI=1S/C16H27N3O2S/c1-14-6-8-16(9-7-14)22(20,21)19-13-5-12-18(15(19)2)11-4-10-17-3/h6-9,15,17H,4-5,10-13H2,1-3H3. The summed E-state index contributed by atoms with van der Waals surface area (Å²) in [5.74, 6) is 0. The van der Waals surface area contributed by atoms with Crippen LogP contribution in [0.25, 0.3) is 0 Å². The van der Waals surface area contributed by atoms with Crippen LogP contribution in [0, 0.1) is 6.92 Å². The fourth-order valence-corrected chi connectivity index (χ4v) is 4.56. The van der Waals surface area contributed by atoms with E-state index in [0.29, 0.717) is 11.4 Å². The van der Waals surface area contributed by atoms with Gasteiger partial charge in [0.1, 0.15) is 0 Å². The first-order valence-corrected chi connectivity index (χ1v) is 9.38. The molecule has 1 aromatic carbocycles. The summed E-state index contributed by atoms with van der Waals surface area (Å²) in [5, 5.41) is 3.14. The first kappa shape index (κ1) is 17.4. The Labute approximate surface area is 134 Å². The van der Waals surface area contributed by atoms with Crippen LogP contribution in [0.5, 0.6) is 0 Å². The average Bonchev–Trinajstić information content (AvgIpc) is 2.49. The summed E-state index contributed by atoms with van der Waals surface area (Å²) in [7, 11) is -1.48. The lowest BCUT2D eigenvalue weighted by Crippen LogP contribution is -2.54. The molecule has 0 bridgehead atoms. The highest BCUT2D eigenvalue weighted by Crippen LogP contribution is 2.24. The number of hydrogen-bond acceptors (Lipinski definition) is 4. The van der Waals surface area contributed by atoms with Crippen LogP contribution in [0.1, 0.15) is 25.3 Å². The van der Waals surface area contributed by atoms with Crippen molar-refractivity contribution in [3.63, 3.8) is 0 Å². The van der Waals surface area contributed by atoms with Gasteiger partial charge in [0, 0.05) is 19.6 Å². The normalized spacial score (nSPS) is 21.1. The molecular weight excluding hydrogens is 298 g/mol. The lowest BCUT2D eigenvalue weighted by Gasteiger charge is -2.41. The zero-order valence-electron chi connectivity index (χ0n) is 13.7. The van der Waals surface area contributed by atoms with E-state index in [-0.39, 0.29) is 6.17 Å². The number of benzene rings is 1. The second-order valence-corrected chi connectivity index (χ2v) is 7.80. The van der Waals surface area contributed by atoms with Gasteiger partial charge in [0.05, 0.1) is 11.1 Å². The number of rotatable bonds is 6. The third kappa shape index (κ3) is 3.87. The van der Waals surface area contributed by atoms with Gasteiger partial charge in [-0.15, -0.1) is 0 Å². The number of nitrogens with zero attached hydrogens (tertiary/aromatic N) is 2. The lowest BCUT2D eigenvalue weighted by atomic mass is 10.2. The molecular formula is C16H27N3O2S. The quantitative estimate of drug-likeness (QED) is 0.808. The molecule has 2 rings (SSSR count). The van der Waals surface area contributed by atoms with E-state index < -0.39 is 10.0 Å². The molecule has 6 heteroatoms. The largest absolute Gasteiger partial charge is 0.320 e. The highest BCUT2D eigenvalue weighted by molar-refractivity contribution is 7.89. The van der Waals surface area contributed by atoms with Crippen LogP contribution in [0.15, 0.2) is 29.2 Å². The summed E-state index contributed by atoms with van der Waals surface area (Å²) in [6, 6.07) is 7.12. The molecule has 1 heterocycles. The van der Waals surface area contributed by atoms with Crippen molar-refractivity contribution in [2.75, 3.05) is 33.2 Å². The lowest BCUT2D eigenvalue weighted by molar-refractivity contribution is 0.0726. The average molecular weight is 325 g/mol. The molecule has 0 spiro atoms. The second kappa shape index (κ2) is 7.55. The van der Waals surface area contributed by atoms with Crippen molar-refractivity contribution in [3.8, 4) is 0 Å². The van der Waals surface area contributed by atoms with E-state index >= 15 is 0 Å². The second-order valence-electron chi connectivity index (χ2n) is 5.91. The molecule has 0 radical (unpaired) electrons. The Morgan fingerprint density at radius 3 is 2.55 bits per heavy atom. The van der Waals surface area contributed by atoms with Gasteiger partial charge in [0.15, 0.2) is 0 Å². The van der Waals surface area contributed by atoms with Crippen LogP contribution in [-0.4, -0.2) is 57.0 Å². The summed E-state index contributed by atoms with van der Waals surface area (Å²) < 4.78 is 27.4. The van der Waals surface area contributed by atoms with Gasteiger partial charge in [0.2, 0.25) is 10.0 Å². The molecule has 1 unspecified atom stereocenters. The van der Waals surface area contributed by atoms with Gasteiger partial charge in [-0.1, -0.05) is 17.7 Å². The maximum absolute atomic E-state index is 12.9. The van der Waals surface area contributed by atoms with E-state index in [1.165, 1.54) is 0 Å². The van der Waals surface area contributed by atoms with Gasteiger partial charge in [-0.3, -0.25) is 4.90 Å². The first-order valence-electron chi connectivity index (χ1n) is 7.94. The van der Waals surface area contributed by atoms with E-state index in [4.69, 9.17) is 0 Å². The van der Waals surface area contributed by atoms with Gasteiger partial charge in [-0.25, -0.2) is 8.42 Å². The molecule has 1 N–H and O–H groups in total. The minimum atomic E-state index is -3.42. The minimum absolute atomic E-state index is 0.0862. The van der Waals surface area contributed by atoms with Crippen LogP contribution in [0.2, 0.25) is 0 Å². The van der Waals surface area contributed by atoms with Crippen molar-refractivity contribution >= 4 is 10.0 Å². The van der Waals surface area contributed by atoms with Gasteiger partial charge < -0.3 is 5.32 Å². The Bertz CT molecular complexity index is 572. The van der Waals surface area contributed by atoms with Gasteiger partial charge in [-0.2, -0.15) is 4.31 Å². The maximum Gasteiger partial charge on any atom is 0.244 e. The van der Waals surface area contributed by atoms with Crippen molar-refractivity contribution in [2.45, 2.75) is 37.8 Å². The molecule has 22 heavy (non-hydrogen) atoms. The molecule has 1 fully saturated rings. The summed E-state index contributed by atoms with van der Waals surface area (Å²) in [6.45, 7) is 7.38. The van der Waals surface area contributed by atoms with Crippen LogP contribution >= 0.6 is 0 Å². The smallest absolute Gasteiger partial charge is 0.244 e. The zero-order valence-corrected chi connectivity index (χ0v) is 14.6. The summed E-state index contributed by atoms with van der Waals surface area (Å²) in [5.41, 5.74) is 1.07. The third-order valence-corrected chi connectivity index (χ3v) is 6.24. The molecule has 1 atom stereocenters. The summed E-state index contributed by atoms with van der Waals surface area (Å²) in [4.78, 5) is 2.65. The summed E-state index contributed by atoms with van der Waals surface area (Å²) in [6.07, 6.45) is 1.82. The Kier molecular flexibility index (Phi) is 5.97.